The fourth-order valence-corrected chi connectivity index (χ4v) is 0.538. The Morgan fingerprint density at radius 2 is 2.30 bits per heavy atom. The highest BCUT2D eigenvalue weighted by molar-refractivity contribution is 6.63. The summed E-state index contributed by atoms with van der Waals surface area (Å²) < 4.78 is 4.69. The van der Waals surface area contributed by atoms with Crippen LogP contribution < -0.4 is 0 Å². The Balaban J connectivity index is 3.86. The maximum Gasteiger partial charge on any atom is 0.229 e. The van der Waals surface area contributed by atoms with E-state index < -0.39 is 5.24 Å². The minimum absolute atomic E-state index is 0.0394. The van der Waals surface area contributed by atoms with Crippen LogP contribution in [-0.2, 0) is 14.3 Å². The second kappa shape index (κ2) is 5.03. The van der Waals surface area contributed by atoms with Crippen LogP contribution in [0.3, 0.4) is 0 Å². The highest BCUT2D eigenvalue weighted by Crippen LogP contribution is 2.01. The zero-order chi connectivity index (χ0) is 7.98. The molecule has 0 bridgehead atoms. The molecular formula is C6H7ClO3. The van der Waals surface area contributed by atoms with Crippen molar-refractivity contribution in [2.75, 3.05) is 6.61 Å². The van der Waals surface area contributed by atoms with Crippen molar-refractivity contribution in [3.8, 4) is 0 Å². The van der Waals surface area contributed by atoms with Gasteiger partial charge in [0, 0.05) is 0 Å². The van der Waals surface area contributed by atoms with Gasteiger partial charge in [0.05, 0.1) is 13.0 Å². The van der Waals surface area contributed by atoms with Gasteiger partial charge >= 0.3 is 0 Å². The third-order valence-electron chi connectivity index (χ3n) is 0.732. The summed E-state index contributed by atoms with van der Waals surface area (Å²) in [4.78, 5) is 20.1. The van der Waals surface area contributed by atoms with Gasteiger partial charge in [-0.1, -0.05) is 0 Å². The van der Waals surface area contributed by atoms with Gasteiger partial charge in [0.1, 0.15) is 0 Å². The van der Waals surface area contributed by atoms with Crippen LogP contribution in [0.15, 0.2) is 5.76 Å². The zero-order valence-electron chi connectivity index (χ0n) is 5.52. The van der Waals surface area contributed by atoms with Crippen molar-refractivity contribution in [3.05, 3.63) is 5.76 Å². The number of rotatable bonds is 4. The molecule has 0 atom stereocenters. The van der Waals surface area contributed by atoms with Crippen LogP contribution in [0.1, 0.15) is 13.3 Å². The number of carbonyl (C=O) groups excluding carboxylic acids is 2. The summed E-state index contributed by atoms with van der Waals surface area (Å²) in [6, 6.07) is 0. The molecule has 0 N–H and O–H groups in total. The van der Waals surface area contributed by atoms with Gasteiger partial charge in [-0.3, -0.25) is 4.79 Å². The molecule has 0 aliphatic rings. The van der Waals surface area contributed by atoms with E-state index in [2.05, 4.69) is 4.74 Å². The van der Waals surface area contributed by atoms with Gasteiger partial charge in [-0.2, -0.15) is 0 Å². The Kier molecular flexibility index (Phi) is 4.63. The molecule has 4 heteroatoms. The minimum Gasteiger partial charge on any atom is -0.486 e. The minimum atomic E-state index is -0.619. The molecule has 3 nitrogen and oxygen atoms in total. The van der Waals surface area contributed by atoms with E-state index in [4.69, 9.17) is 11.6 Å². The maximum absolute atomic E-state index is 10.2. The summed E-state index contributed by atoms with van der Waals surface area (Å²) in [6.07, 6.45) is -0.182. The molecule has 0 aromatic heterocycles. The maximum atomic E-state index is 10.2. The molecule has 0 aromatic rings. The Labute approximate surface area is 63.6 Å². The number of hydrogen-bond acceptors (Lipinski definition) is 3. The van der Waals surface area contributed by atoms with Crippen molar-refractivity contribution < 1.29 is 14.3 Å². The number of carbonyl (C=O) groups is 1. The first kappa shape index (κ1) is 9.21. The fourth-order valence-electron chi connectivity index (χ4n) is 0.417. The number of allylic oxidation sites excluding steroid dienone is 1. The van der Waals surface area contributed by atoms with E-state index in [0.717, 1.165) is 0 Å². The lowest BCUT2D eigenvalue weighted by Gasteiger charge is -1.98. The topological polar surface area (TPSA) is 43.4 Å². The first-order chi connectivity index (χ1) is 4.70. The van der Waals surface area contributed by atoms with Crippen molar-refractivity contribution in [1.29, 1.82) is 0 Å². The summed E-state index contributed by atoms with van der Waals surface area (Å²) in [7, 11) is 0. The van der Waals surface area contributed by atoms with E-state index in [0.29, 0.717) is 6.61 Å². The van der Waals surface area contributed by atoms with Crippen LogP contribution in [0.4, 0.5) is 0 Å². The molecule has 0 amide bonds. The van der Waals surface area contributed by atoms with Crippen molar-refractivity contribution in [1.82, 2.24) is 0 Å². The van der Waals surface area contributed by atoms with Gasteiger partial charge in [-0.05, 0) is 18.5 Å². The molecule has 0 radical (unpaired) electrons. The predicted molar refractivity (Wildman–Crippen MR) is 36.3 cm³/mol. The van der Waals surface area contributed by atoms with Crippen LogP contribution in [0.5, 0.6) is 0 Å². The van der Waals surface area contributed by atoms with E-state index >= 15 is 0 Å². The van der Waals surface area contributed by atoms with Gasteiger partial charge in [-0.25, -0.2) is 4.79 Å². The summed E-state index contributed by atoms with van der Waals surface area (Å²) in [6.45, 7) is 2.05. The highest BCUT2D eigenvalue weighted by atomic mass is 35.5. The largest absolute Gasteiger partial charge is 0.486 e. The predicted octanol–water partition coefficient (Wildman–Crippen LogP) is 0.894. The van der Waals surface area contributed by atoms with Crippen molar-refractivity contribution in [2.45, 2.75) is 13.3 Å². The highest BCUT2D eigenvalue weighted by Gasteiger charge is 2.03. The Morgan fingerprint density at radius 3 is 2.60 bits per heavy atom. The van der Waals surface area contributed by atoms with Crippen LogP contribution in [0.25, 0.3) is 0 Å². The van der Waals surface area contributed by atoms with E-state index in [-0.39, 0.29) is 12.2 Å². The molecule has 56 valence electrons. The SMILES string of the molecule is CCOC(=C=O)CC(=O)Cl. The lowest BCUT2D eigenvalue weighted by atomic mass is 10.4. The number of ether oxygens (including phenoxy) is 1. The van der Waals surface area contributed by atoms with Crippen molar-refractivity contribution >= 4 is 22.8 Å². The monoisotopic (exact) mass is 162 g/mol. The van der Waals surface area contributed by atoms with Crippen molar-refractivity contribution in [2.24, 2.45) is 0 Å². The molecule has 0 aliphatic carbocycles. The van der Waals surface area contributed by atoms with E-state index in [9.17, 15) is 9.59 Å². The smallest absolute Gasteiger partial charge is 0.229 e. The molecular weight excluding hydrogens is 156 g/mol. The molecule has 0 fully saturated rings. The third kappa shape index (κ3) is 4.13. The summed E-state index contributed by atoms with van der Waals surface area (Å²) in [5.74, 6) is 1.43. The fraction of sp³-hybridized carbons (Fsp3) is 0.500. The first-order valence-corrected chi connectivity index (χ1v) is 3.13. The zero-order valence-corrected chi connectivity index (χ0v) is 6.27. The van der Waals surface area contributed by atoms with Gasteiger partial charge in [0.15, 0.2) is 11.7 Å². The Bertz CT molecular complexity index is 170. The molecule has 0 aliphatic heterocycles. The van der Waals surface area contributed by atoms with Gasteiger partial charge < -0.3 is 4.74 Å². The molecule has 10 heavy (non-hydrogen) atoms. The summed E-state index contributed by atoms with van der Waals surface area (Å²) >= 11 is 4.97. The first-order valence-electron chi connectivity index (χ1n) is 2.75. The van der Waals surface area contributed by atoms with E-state index in [1.807, 2.05) is 0 Å². The van der Waals surface area contributed by atoms with Gasteiger partial charge in [-0.15, -0.1) is 0 Å². The molecule has 0 heterocycles. The normalized spacial score (nSPS) is 8.20. The third-order valence-corrected chi connectivity index (χ3v) is 0.866. The van der Waals surface area contributed by atoms with Crippen LogP contribution in [-0.4, -0.2) is 17.8 Å². The standard InChI is InChI=1S/C6H7ClO3/c1-2-10-5(4-8)3-6(7)9/h2-3H2,1H3. The van der Waals surface area contributed by atoms with Crippen LogP contribution >= 0.6 is 11.6 Å². The number of halogens is 1. The summed E-state index contributed by atoms with van der Waals surface area (Å²) in [5.41, 5.74) is 0. The lowest BCUT2D eigenvalue weighted by molar-refractivity contribution is -0.111. The van der Waals surface area contributed by atoms with Gasteiger partial charge in [0.2, 0.25) is 5.24 Å². The number of hydrogen-bond donors (Lipinski definition) is 0. The molecule has 0 saturated heterocycles. The summed E-state index contributed by atoms with van der Waals surface area (Å²) in [5, 5.41) is -0.619. The van der Waals surface area contributed by atoms with E-state index in [1.54, 1.807) is 6.92 Å². The second-order valence-electron chi connectivity index (χ2n) is 1.49. The molecule has 0 rings (SSSR count). The van der Waals surface area contributed by atoms with Crippen LogP contribution in [0.2, 0.25) is 0 Å². The Hall–Kier alpha value is -0.790. The van der Waals surface area contributed by atoms with Crippen molar-refractivity contribution in [3.63, 3.8) is 0 Å². The second-order valence-corrected chi connectivity index (χ2v) is 1.91. The average Bonchev–Trinajstić information content (AvgIpc) is 1.86. The lowest BCUT2D eigenvalue weighted by Crippen LogP contribution is -1.96. The quantitative estimate of drug-likeness (QED) is 0.350. The molecule has 0 aromatic carbocycles. The van der Waals surface area contributed by atoms with Crippen LogP contribution in [0, 0.1) is 0 Å². The molecule has 0 unspecified atom stereocenters. The average molecular weight is 163 g/mol. The Morgan fingerprint density at radius 1 is 1.70 bits per heavy atom. The van der Waals surface area contributed by atoms with E-state index in [1.165, 1.54) is 5.94 Å². The molecule has 0 spiro atoms. The van der Waals surface area contributed by atoms with Gasteiger partial charge in [0.25, 0.3) is 0 Å². The molecule has 0 saturated carbocycles.